The van der Waals surface area contributed by atoms with Gasteiger partial charge in [-0.1, -0.05) is 13.3 Å². The van der Waals surface area contributed by atoms with E-state index in [0.29, 0.717) is 12.5 Å². The Morgan fingerprint density at radius 3 is 2.47 bits per heavy atom. The molecule has 1 unspecified atom stereocenters. The summed E-state index contributed by atoms with van der Waals surface area (Å²) in [6.07, 6.45) is 0.677. The van der Waals surface area contributed by atoms with Crippen LogP contribution in [-0.2, 0) is 5.67 Å². The summed E-state index contributed by atoms with van der Waals surface area (Å²) in [7, 11) is 0. The number of rotatable bonds is 4. The van der Waals surface area contributed by atoms with Gasteiger partial charge in [0.15, 0.2) is 5.67 Å². The van der Waals surface area contributed by atoms with Crippen molar-refractivity contribution in [2.75, 3.05) is 6.54 Å². The van der Waals surface area contributed by atoms with Crippen LogP contribution in [0, 0.1) is 11.6 Å². The first-order valence-electron chi connectivity index (χ1n) is 4.88. The van der Waals surface area contributed by atoms with E-state index in [9.17, 15) is 13.2 Å². The molecule has 1 nitrogen and oxygen atoms in total. The maximum absolute atomic E-state index is 14.2. The van der Waals surface area contributed by atoms with E-state index in [4.69, 9.17) is 5.73 Å². The van der Waals surface area contributed by atoms with Crippen LogP contribution >= 0.6 is 0 Å². The van der Waals surface area contributed by atoms with Gasteiger partial charge in [-0.3, -0.25) is 0 Å². The third-order valence-corrected chi connectivity index (χ3v) is 2.38. The van der Waals surface area contributed by atoms with Gasteiger partial charge in [-0.05, 0) is 18.6 Å². The monoisotopic (exact) mass is 217 g/mol. The van der Waals surface area contributed by atoms with Crippen LogP contribution < -0.4 is 5.73 Å². The van der Waals surface area contributed by atoms with Gasteiger partial charge >= 0.3 is 0 Å². The maximum Gasteiger partial charge on any atom is 0.150 e. The molecule has 0 aliphatic carbocycles. The van der Waals surface area contributed by atoms with Gasteiger partial charge in [0.2, 0.25) is 0 Å². The fourth-order valence-corrected chi connectivity index (χ4v) is 1.60. The van der Waals surface area contributed by atoms with E-state index in [2.05, 4.69) is 0 Å². The van der Waals surface area contributed by atoms with Gasteiger partial charge in [-0.2, -0.15) is 0 Å². The lowest BCUT2D eigenvalue weighted by Crippen LogP contribution is -2.31. The van der Waals surface area contributed by atoms with E-state index < -0.39 is 17.3 Å². The second-order valence-corrected chi connectivity index (χ2v) is 3.54. The van der Waals surface area contributed by atoms with E-state index in [1.165, 1.54) is 0 Å². The van der Waals surface area contributed by atoms with E-state index in [0.717, 1.165) is 12.1 Å². The highest BCUT2D eigenvalue weighted by Gasteiger charge is 2.32. The predicted octanol–water partition coefficient (Wildman–Crippen LogP) is 2.89. The molecule has 0 amide bonds. The fourth-order valence-electron chi connectivity index (χ4n) is 1.60. The van der Waals surface area contributed by atoms with Crippen molar-refractivity contribution in [3.8, 4) is 0 Å². The second kappa shape index (κ2) is 4.66. The first-order valence-corrected chi connectivity index (χ1v) is 4.88. The Balaban J connectivity index is 3.12. The number of halogens is 3. The van der Waals surface area contributed by atoms with Crippen molar-refractivity contribution in [2.24, 2.45) is 5.73 Å². The highest BCUT2D eigenvalue weighted by atomic mass is 19.2. The average Bonchev–Trinajstić information content (AvgIpc) is 2.17. The molecular weight excluding hydrogens is 203 g/mol. The summed E-state index contributed by atoms with van der Waals surface area (Å²) in [5, 5.41) is 0. The van der Waals surface area contributed by atoms with Gasteiger partial charge in [0.05, 0.1) is 0 Å². The van der Waals surface area contributed by atoms with Crippen LogP contribution in [-0.4, -0.2) is 6.54 Å². The molecule has 0 aliphatic rings. The Kier molecular flexibility index (Phi) is 3.74. The zero-order valence-corrected chi connectivity index (χ0v) is 8.56. The van der Waals surface area contributed by atoms with Gasteiger partial charge in [-0.15, -0.1) is 0 Å². The first kappa shape index (κ1) is 12.0. The van der Waals surface area contributed by atoms with Crippen molar-refractivity contribution in [3.05, 3.63) is 35.4 Å². The van der Waals surface area contributed by atoms with Gasteiger partial charge in [0.1, 0.15) is 11.6 Å². The van der Waals surface area contributed by atoms with Crippen molar-refractivity contribution in [1.29, 1.82) is 0 Å². The lowest BCUT2D eigenvalue weighted by Gasteiger charge is -2.24. The smallest absolute Gasteiger partial charge is 0.150 e. The number of alkyl halides is 1. The van der Waals surface area contributed by atoms with Crippen LogP contribution in [0.3, 0.4) is 0 Å². The Hall–Kier alpha value is -1.03. The van der Waals surface area contributed by atoms with Crippen molar-refractivity contribution >= 4 is 0 Å². The van der Waals surface area contributed by atoms with Crippen molar-refractivity contribution in [3.63, 3.8) is 0 Å². The molecule has 0 heterocycles. The Bertz CT molecular complexity index is 341. The number of hydrogen-bond donors (Lipinski definition) is 1. The van der Waals surface area contributed by atoms with Crippen molar-refractivity contribution in [1.82, 2.24) is 0 Å². The highest BCUT2D eigenvalue weighted by molar-refractivity contribution is 5.25. The van der Waals surface area contributed by atoms with E-state index in [1.807, 2.05) is 0 Å². The molecule has 0 radical (unpaired) electrons. The number of hydrogen-bond acceptors (Lipinski definition) is 1. The Morgan fingerprint density at radius 2 is 2.00 bits per heavy atom. The zero-order valence-electron chi connectivity index (χ0n) is 8.56. The minimum atomic E-state index is -1.90. The molecule has 1 rings (SSSR count). The summed E-state index contributed by atoms with van der Waals surface area (Å²) in [5.74, 6) is -1.59. The average molecular weight is 217 g/mol. The van der Waals surface area contributed by atoms with Crippen molar-refractivity contribution < 1.29 is 13.2 Å². The topological polar surface area (TPSA) is 26.0 Å². The molecule has 1 aromatic carbocycles. The Labute approximate surface area is 87.1 Å². The maximum atomic E-state index is 14.2. The summed E-state index contributed by atoms with van der Waals surface area (Å²) in [5.41, 5.74) is 3.24. The summed E-state index contributed by atoms with van der Waals surface area (Å²) >= 11 is 0. The van der Waals surface area contributed by atoms with Gasteiger partial charge < -0.3 is 5.73 Å². The molecule has 1 atom stereocenters. The predicted molar refractivity (Wildman–Crippen MR) is 53.1 cm³/mol. The zero-order chi connectivity index (χ0) is 11.5. The standard InChI is InChI=1S/C11H14F3N/c1-2-5-11(14,7-15)9-4-3-8(12)6-10(9)13/h3-4,6H,2,5,7,15H2,1H3. The van der Waals surface area contributed by atoms with Gasteiger partial charge in [0, 0.05) is 18.2 Å². The van der Waals surface area contributed by atoms with Crippen LogP contribution in [0.1, 0.15) is 25.3 Å². The molecule has 0 spiro atoms. The van der Waals surface area contributed by atoms with E-state index in [1.54, 1.807) is 6.92 Å². The SMILES string of the molecule is CCCC(F)(CN)c1ccc(F)cc1F. The molecule has 0 bridgehead atoms. The van der Waals surface area contributed by atoms with Crippen LogP contribution in [0.2, 0.25) is 0 Å². The highest BCUT2D eigenvalue weighted by Crippen LogP contribution is 2.32. The molecule has 84 valence electrons. The molecule has 0 aliphatic heterocycles. The minimum Gasteiger partial charge on any atom is -0.327 e. The number of benzene rings is 1. The van der Waals surface area contributed by atoms with Gasteiger partial charge in [0.25, 0.3) is 0 Å². The summed E-state index contributed by atoms with van der Waals surface area (Å²) in [4.78, 5) is 0. The first-order chi connectivity index (χ1) is 7.03. The van der Waals surface area contributed by atoms with Crippen molar-refractivity contribution in [2.45, 2.75) is 25.4 Å². The second-order valence-electron chi connectivity index (χ2n) is 3.54. The fraction of sp³-hybridized carbons (Fsp3) is 0.455. The minimum absolute atomic E-state index is 0.131. The molecule has 0 saturated carbocycles. The molecule has 0 aromatic heterocycles. The molecule has 0 fully saturated rings. The van der Waals surface area contributed by atoms with Crippen LogP contribution in [0.15, 0.2) is 18.2 Å². The van der Waals surface area contributed by atoms with Crippen LogP contribution in [0.5, 0.6) is 0 Å². The molecule has 15 heavy (non-hydrogen) atoms. The summed E-state index contributed by atoms with van der Waals surface area (Å²) < 4.78 is 40.1. The molecular formula is C11H14F3N. The lowest BCUT2D eigenvalue weighted by molar-refractivity contribution is 0.153. The number of nitrogens with two attached hydrogens (primary N) is 1. The molecule has 4 heteroatoms. The molecule has 1 aromatic rings. The normalized spacial score (nSPS) is 15.0. The quantitative estimate of drug-likeness (QED) is 0.824. The summed E-state index contributed by atoms with van der Waals surface area (Å²) in [6.45, 7) is 1.48. The van der Waals surface area contributed by atoms with Crippen LogP contribution in [0.25, 0.3) is 0 Å². The van der Waals surface area contributed by atoms with Crippen LogP contribution in [0.4, 0.5) is 13.2 Å². The Morgan fingerprint density at radius 1 is 1.33 bits per heavy atom. The van der Waals surface area contributed by atoms with E-state index >= 15 is 0 Å². The lowest BCUT2D eigenvalue weighted by atomic mass is 9.91. The van der Waals surface area contributed by atoms with E-state index in [-0.39, 0.29) is 18.5 Å². The molecule has 0 saturated heterocycles. The largest absolute Gasteiger partial charge is 0.327 e. The molecule has 2 N–H and O–H groups in total. The van der Waals surface area contributed by atoms with Gasteiger partial charge in [-0.25, -0.2) is 13.2 Å². The third-order valence-electron chi connectivity index (χ3n) is 2.38. The third kappa shape index (κ3) is 2.50. The summed E-state index contributed by atoms with van der Waals surface area (Å²) in [6, 6.07) is 2.83.